The number of carbonyl (C=O) groups is 1. The number of aromatic nitrogens is 1. The Morgan fingerprint density at radius 1 is 0.872 bits per heavy atom. The van der Waals surface area contributed by atoms with Gasteiger partial charge in [-0.05, 0) is 59.7 Å². The summed E-state index contributed by atoms with van der Waals surface area (Å²) in [5, 5.41) is 2.54. The van der Waals surface area contributed by atoms with Crippen LogP contribution < -0.4 is 10.1 Å². The van der Waals surface area contributed by atoms with Crippen LogP contribution in [0.1, 0.15) is 5.56 Å². The zero-order valence-corrected chi connectivity index (χ0v) is 20.6. The number of methoxy groups -OCH3 is 2. The molecule has 0 saturated carbocycles. The van der Waals surface area contributed by atoms with Crippen LogP contribution in [0.25, 0.3) is 44.8 Å². The van der Waals surface area contributed by atoms with Crippen LogP contribution in [0.2, 0.25) is 0 Å². The Morgan fingerprint density at radius 3 is 2.31 bits per heavy atom. The van der Waals surface area contributed by atoms with Gasteiger partial charge >= 0.3 is 12.3 Å². The summed E-state index contributed by atoms with van der Waals surface area (Å²) in [7, 11) is 2.68. The molecular formula is C29H20F4N2O4. The first-order valence-electron chi connectivity index (χ1n) is 11.6. The molecule has 198 valence electrons. The van der Waals surface area contributed by atoms with Gasteiger partial charge in [0.2, 0.25) is 5.89 Å². The van der Waals surface area contributed by atoms with E-state index in [0.29, 0.717) is 33.5 Å². The van der Waals surface area contributed by atoms with Crippen molar-refractivity contribution in [3.8, 4) is 39.5 Å². The van der Waals surface area contributed by atoms with Gasteiger partial charge < -0.3 is 13.9 Å². The Balaban J connectivity index is 1.53. The maximum absolute atomic E-state index is 15.1. The van der Waals surface area contributed by atoms with E-state index in [4.69, 9.17) is 9.15 Å². The largest absolute Gasteiger partial charge is 0.496 e. The zero-order chi connectivity index (χ0) is 27.7. The summed E-state index contributed by atoms with van der Waals surface area (Å²) in [5.41, 5.74) is 2.55. The summed E-state index contributed by atoms with van der Waals surface area (Å²) in [4.78, 5) is 15.7. The van der Waals surface area contributed by atoms with Crippen molar-refractivity contribution in [3.05, 3.63) is 90.2 Å². The lowest BCUT2D eigenvalue weighted by atomic mass is 9.96. The van der Waals surface area contributed by atoms with E-state index >= 15 is 4.39 Å². The summed E-state index contributed by atoms with van der Waals surface area (Å²) in [6.45, 7) is 0. The van der Waals surface area contributed by atoms with Gasteiger partial charge in [-0.1, -0.05) is 24.3 Å². The van der Waals surface area contributed by atoms with Crippen molar-refractivity contribution >= 4 is 22.9 Å². The summed E-state index contributed by atoms with van der Waals surface area (Å²) in [5.74, 6) is -0.0919. The standard InChI is InChI=1S/C29H20F4N2O4/c1-37-26-15-23(30)21(16-6-9-20(10-7-16)34-28(36)38-2)14-22(26)17-4-3-5-18(12-17)27-35-24-13-19(29(31,32)33)8-11-25(24)39-27/h3-15H,1-2H3,(H,34,36). The second-order valence-corrected chi connectivity index (χ2v) is 8.51. The number of fused-ring (bicyclic) bond motifs is 1. The third-order valence-electron chi connectivity index (χ3n) is 6.05. The number of amides is 1. The number of anilines is 1. The molecule has 0 aliphatic heterocycles. The van der Waals surface area contributed by atoms with E-state index in [2.05, 4.69) is 15.0 Å². The predicted molar refractivity (Wildman–Crippen MR) is 138 cm³/mol. The van der Waals surface area contributed by atoms with Gasteiger partial charge in [0.05, 0.1) is 19.8 Å². The zero-order valence-electron chi connectivity index (χ0n) is 20.6. The average molecular weight is 536 g/mol. The van der Waals surface area contributed by atoms with Gasteiger partial charge in [0.25, 0.3) is 0 Å². The molecule has 0 aliphatic carbocycles. The number of benzene rings is 4. The SMILES string of the molecule is COC(=O)Nc1ccc(-c2cc(-c3cccc(-c4nc5cc(C(F)(F)F)ccc5o4)c3)c(OC)cc2F)cc1. The lowest BCUT2D eigenvalue weighted by Gasteiger charge is -2.14. The molecule has 0 saturated heterocycles. The Bertz CT molecular complexity index is 1680. The molecule has 0 fully saturated rings. The second kappa shape index (κ2) is 10.1. The molecule has 0 atom stereocenters. The first-order valence-corrected chi connectivity index (χ1v) is 11.6. The molecule has 0 bridgehead atoms. The van der Waals surface area contributed by atoms with E-state index in [1.807, 2.05) is 0 Å². The van der Waals surface area contributed by atoms with Crippen LogP contribution in [0.5, 0.6) is 5.75 Å². The van der Waals surface area contributed by atoms with Crippen molar-refractivity contribution in [3.63, 3.8) is 0 Å². The number of nitrogens with one attached hydrogen (secondary N) is 1. The Morgan fingerprint density at radius 2 is 1.62 bits per heavy atom. The highest BCUT2D eigenvalue weighted by atomic mass is 19.4. The minimum atomic E-state index is -4.50. The Labute approximate surface area is 219 Å². The van der Waals surface area contributed by atoms with Gasteiger partial charge in [0.1, 0.15) is 17.1 Å². The topological polar surface area (TPSA) is 73.6 Å². The first kappa shape index (κ1) is 25.8. The predicted octanol–water partition coefficient (Wildman–Crippen LogP) is 8.17. The summed E-state index contributed by atoms with van der Waals surface area (Å²) in [6.07, 6.45) is -5.12. The van der Waals surface area contributed by atoms with E-state index < -0.39 is 23.7 Å². The molecular weight excluding hydrogens is 516 g/mol. The molecule has 0 aliphatic rings. The normalized spacial score (nSPS) is 11.4. The molecule has 5 aromatic rings. The lowest BCUT2D eigenvalue weighted by Crippen LogP contribution is -2.10. The fraction of sp³-hybridized carbons (Fsp3) is 0.103. The molecule has 39 heavy (non-hydrogen) atoms. The Kier molecular flexibility index (Phi) is 6.69. The third-order valence-corrected chi connectivity index (χ3v) is 6.05. The fourth-order valence-corrected chi connectivity index (χ4v) is 4.12. The van der Waals surface area contributed by atoms with Crippen molar-refractivity contribution in [2.45, 2.75) is 6.18 Å². The number of nitrogens with zero attached hydrogens (tertiary/aromatic N) is 1. The number of carbonyl (C=O) groups excluding carboxylic acids is 1. The van der Waals surface area contributed by atoms with Crippen LogP contribution in [0.4, 0.5) is 28.0 Å². The minimum Gasteiger partial charge on any atom is -0.496 e. The van der Waals surface area contributed by atoms with Gasteiger partial charge in [-0.15, -0.1) is 0 Å². The number of oxazole rings is 1. The molecule has 10 heteroatoms. The van der Waals surface area contributed by atoms with Gasteiger partial charge in [-0.3, -0.25) is 5.32 Å². The maximum atomic E-state index is 15.1. The van der Waals surface area contributed by atoms with Crippen LogP contribution in [-0.2, 0) is 10.9 Å². The third kappa shape index (κ3) is 5.26. The minimum absolute atomic E-state index is 0.0806. The first-order chi connectivity index (χ1) is 18.7. The summed E-state index contributed by atoms with van der Waals surface area (Å²) >= 11 is 0. The van der Waals surface area contributed by atoms with Crippen LogP contribution in [-0.4, -0.2) is 25.3 Å². The summed E-state index contributed by atoms with van der Waals surface area (Å²) in [6, 6.07) is 19.5. The molecule has 4 aromatic carbocycles. The van der Waals surface area contributed by atoms with E-state index in [0.717, 1.165) is 12.1 Å². The highest BCUT2D eigenvalue weighted by Gasteiger charge is 2.31. The Hall–Kier alpha value is -4.86. The van der Waals surface area contributed by atoms with Crippen molar-refractivity contribution in [1.82, 2.24) is 4.98 Å². The maximum Gasteiger partial charge on any atom is 0.416 e. The molecule has 1 heterocycles. The summed E-state index contributed by atoms with van der Waals surface area (Å²) < 4.78 is 70.1. The number of hydrogen-bond acceptors (Lipinski definition) is 5. The molecule has 1 N–H and O–H groups in total. The number of hydrogen-bond donors (Lipinski definition) is 1. The van der Waals surface area contributed by atoms with Crippen molar-refractivity contribution < 1.29 is 36.2 Å². The van der Waals surface area contributed by atoms with Crippen molar-refractivity contribution in [2.75, 3.05) is 19.5 Å². The molecule has 5 rings (SSSR count). The van der Waals surface area contributed by atoms with E-state index in [9.17, 15) is 18.0 Å². The molecule has 1 amide bonds. The van der Waals surface area contributed by atoms with E-state index in [1.54, 1.807) is 54.6 Å². The van der Waals surface area contributed by atoms with Crippen LogP contribution in [0.3, 0.4) is 0 Å². The highest BCUT2D eigenvalue weighted by Crippen LogP contribution is 2.39. The van der Waals surface area contributed by atoms with Crippen LogP contribution in [0, 0.1) is 5.82 Å². The molecule has 0 spiro atoms. The van der Waals surface area contributed by atoms with Gasteiger partial charge in [0, 0.05) is 28.4 Å². The molecule has 6 nitrogen and oxygen atoms in total. The van der Waals surface area contributed by atoms with E-state index in [-0.39, 0.29) is 22.7 Å². The monoisotopic (exact) mass is 536 g/mol. The average Bonchev–Trinajstić information content (AvgIpc) is 3.37. The number of rotatable bonds is 5. The second-order valence-electron chi connectivity index (χ2n) is 8.51. The van der Waals surface area contributed by atoms with Gasteiger partial charge in [-0.2, -0.15) is 13.2 Å². The smallest absolute Gasteiger partial charge is 0.416 e. The fourth-order valence-electron chi connectivity index (χ4n) is 4.12. The van der Waals surface area contributed by atoms with Crippen molar-refractivity contribution in [1.29, 1.82) is 0 Å². The number of halogens is 4. The number of ether oxygens (including phenoxy) is 2. The van der Waals surface area contributed by atoms with Crippen LogP contribution >= 0.6 is 0 Å². The van der Waals surface area contributed by atoms with E-state index in [1.165, 1.54) is 26.4 Å². The van der Waals surface area contributed by atoms with Gasteiger partial charge in [-0.25, -0.2) is 14.2 Å². The highest BCUT2D eigenvalue weighted by molar-refractivity contribution is 5.86. The van der Waals surface area contributed by atoms with Crippen LogP contribution in [0.15, 0.2) is 83.3 Å². The lowest BCUT2D eigenvalue weighted by molar-refractivity contribution is -0.137. The van der Waals surface area contributed by atoms with Crippen molar-refractivity contribution in [2.24, 2.45) is 0 Å². The van der Waals surface area contributed by atoms with Gasteiger partial charge in [0.15, 0.2) is 5.58 Å². The number of alkyl halides is 3. The molecule has 0 radical (unpaired) electrons. The quantitative estimate of drug-likeness (QED) is 0.229. The molecule has 0 unspecified atom stereocenters. The molecule has 1 aromatic heterocycles.